The summed E-state index contributed by atoms with van der Waals surface area (Å²) in [6.07, 6.45) is 7.94. The van der Waals surface area contributed by atoms with Crippen LogP contribution in [0.1, 0.15) is 13.3 Å². The van der Waals surface area contributed by atoms with Crippen molar-refractivity contribution in [3.05, 3.63) is 83.8 Å². The Bertz CT molecular complexity index is 571. The van der Waals surface area contributed by atoms with Crippen molar-refractivity contribution in [2.75, 3.05) is 0 Å². The van der Waals surface area contributed by atoms with Crippen LogP contribution < -0.4 is 0 Å². The molecule has 2 aromatic carbocycles. The summed E-state index contributed by atoms with van der Waals surface area (Å²) in [4.78, 5) is 4.36. The third-order valence-corrected chi connectivity index (χ3v) is 6.06. The normalized spacial score (nSPS) is 18.1. The fourth-order valence-corrected chi connectivity index (χ4v) is 4.90. The van der Waals surface area contributed by atoms with Crippen LogP contribution in [0.25, 0.3) is 0 Å². The van der Waals surface area contributed by atoms with Crippen molar-refractivity contribution in [1.82, 2.24) is 0 Å². The lowest BCUT2D eigenvalue weighted by Gasteiger charge is -2.17. The maximum absolute atomic E-state index is 2.33. The molecule has 0 saturated carbocycles. The summed E-state index contributed by atoms with van der Waals surface area (Å²) < 4.78 is 0. The van der Waals surface area contributed by atoms with Crippen molar-refractivity contribution >= 4 is 10.9 Å². The van der Waals surface area contributed by atoms with Gasteiger partial charge in [-0.15, -0.1) is 0 Å². The van der Waals surface area contributed by atoms with Crippen LogP contribution in [0.2, 0.25) is 0 Å². The highest BCUT2D eigenvalue weighted by molar-refractivity contribution is 8.00. The maximum Gasteiger partial charge on any atom is 0.166 e. The number of rotatable bonds is 3. The fourth-order valence-electron chi connectivity index (χ4n) is 2.52. The second kappa shape index (κ2) is 6.15. The van der Waals surface area contributed by atoms with Crippen LogP contribution in [-0.2, 0) is 10.9 Å². The van der Waals surface area contributed by atoms with Crippen molar-refractivity contribution in [3.63, 3.8) is 0 Å². The zero-order chi connectivity index (χ0) is 13.8. The summed E-state index contributed by atoms with van der Waals surface area (Å²) in [5.74, 6) is 0.615. The number of allylic oxidation sites excluding steroid dienone is 4. The van der Waals surface area contributed by atoms with Crippen LogP contribution in [0.5, 0.6) is 0 Å². The third-order valence-electron chi connectivity index (χ3n) is 3.57. The van der Waals surface area contributed by atoms with Crippen LogP contribution in [0.3, 0.4) is 0 Å². The molecule has 0 bridgehead atoms. The highest BCUT2D eigenvalue weighted by Crippen LogP contribution is 2.36. The Kier molecular flexibility index (Phi) is 4.08. The van der Waals surface area contributed by atoms with E-state index in [1.54, 1.807) is 4.91 Å². The molecule has 1 aliphatic carbocycles. The molecular weight excluding hydrogens is 260 g/mol. The lowest BCUT2D eigenvalue weighted by atomic mass is 10.0. The molecule has 0 spiro atoms. The molecule has 0 nitrogen and oxygen atoms in total. The molecule has 0 saturated heterocycles. The molecule has 100 valence electrons. The molecular formula is C19H19S+. The Morgan fingerprint density at radius 3 is 1.90 bits per heavy atom. The van der Waals surface area contributed by atoms with Gasteiger partial charge in [0.25, 0.3) is 0 Å². The molecule has 0 aromatic heterocycles. The summed E-state index contributed by atoms with van der Waals surface area (Å²) in [7, 11) is 0.0421. The van der Waals surface area contributed by atoms with E-state index in [1.807, 2.05) is 0 Å². The van der Waals surface area contributed by atoms with Crippen LogP contribution in [0.4, 0.5) is 0 Å². The lowest BCUT2D eigenvalue weighted by Crippen LogP contribution is -2.14. The molecule has 20 heavy (non-hydrogen) atoms. The van der Waals surface area contributed by atoms with Gasteiger partial charge >= 0.3 is 0 Å². The van der Waals surface area contributed by atoms with Crippen molar-refractivity contribution in [3.8, 4) is 0 Å². The minimum atomic E-state index is 0.0421. The van der Waals surface area contributed by atoms with E-state index in [-0.39, 0.29) is 10.9 Å². The van der Waals surface area contributed by atoms with Gasteiger partial charge in [0.05, 0.1) is 10.9 Å². The summed E-state index contributed by atoms with van der Waals surface area (Å²) >= 11 is 0. The van der Waals surface area contributed by atoms with Gasteiger partial charge in [-0.05, 0) is 36.8 Å². The van der Waals surface area contributed by atoms with Crippen LogP contribution >= 0.6 is 0 Å². The quantitative estimate of drug-likeness (QED) is 0.677. The monoisotopic (exact) mass is 279 g/mol. The predicted octanol–water partition coefficient (Wildman–Crippen LogP) is 5.20. The SMILES string of the molecule is C[C@H]1CC=CC=C1[S+](c1ccccc1)c1ccccc1. The van der Waals surface area contributed by atoms with Gasteiger partial charge in [-0.1, -0.05) is 55.5 Å². The number of benzene rings is 2. The minimum absolute atomic E-state index is 0.0421. The Hall–Kier alpha value is -1.73. The maximum atomic E-state index is 2.33. The van der Waals surface area contributed by atoms with Gasteiger partial charge in [-0.2, -0.15) is 0 Å². The predicted molar refractivity (Wildman–Crippen MR) is 87.8 cm³/mol. The summed E-state index contributed by atoms with van der Waals surface area (Å²) in [6.45, 7) is 2.33. The van der Waals surface area contributed by atoms with E-state index in [4.69, 9.17) is 0 Å². The molecule has 0 N–H and O–H groups in total. The minimum Gasteiger partial charge on any atom is -0.0836 e. The Labute approximate surface area is 124 Å². The zero-order valence-electron chi connectivity index (χ0n) is 11.7. The van der Waals surface area contributed by atoms with Gasteiger partial charge in [0, 0.05) is 5.92 Å². The first-order valence-corrected chi connectivity index (χ1v) is 8.30. The Balaban J connectivity index is 2.09. The average Bonchev–Trinajstić information content (AvgIpc) is 2.52. The van der Waals surface area contributed by atoms with Gasteiger partial charge in [0.2, 0.25) is 0 Å². The van der Waals surface area contributed by atoms with E-state index in [1.165, 1.54) is 9.79 Å². The van der Waals surface area contributed by atoms with E-state index in [9.17, 15) is 0 Å². The molecule has 0 aliphatic heterocycles. The highest BCUT2D eigenvalue weighted by atomic mass is 32.2. The van der Waals surface area contributed by atoms with Crippen molar-refractivity contribution in [2.45, 2.75) is 23.1 Å². The highest BCUT2D eigenvalue weighted by Gasteiger charge is 2.34. The lowest BCUT2D eigenvalue weighted by molar-refractivity contribution is 0.721. The smallest absolute Gasteiger partial charge is 0.0836 e. The summed E-state index contributed by atoms with van der Waals surface area (Å²) in [5.41, 5.74) is 0. The summed E-state index contributed by atoms with van der Waals surface area (Å²) in [5, 5.41) is 0. The molecule has 0 amide bonds. The molecule has 2 aromatic rings. The van der Waals surface area contributed by atoms with Gasteiger partial charge < -0.3 is 0 Å². The average molecular weight is 279 g/mol. The second-order valence-electron chi connectivity index (χ2n) is 5.07. The molecule has 3 rings (SSSR count). The molecule has 0 fully saturated rings. The number of hydrogen-bond acceptors (Lipinski definition) is 0. The van der Waals surface area contributed by atoms with E-state index in [0.29, 0.717) is 5.92 Å². The molecule has 1 aliphatic rings. The number of hydrogen-bond donors (Lipinski definition) is 0. The summed E-state index contributed by atoms with van der Waals surface area (Å²) in [6, 6.07) is 21.8. The van der Waals surface area contributed by atoms with E-state index in [0.717, 1.165) is 6.42 Å². The second-order valence-corrected chi connectivity index (χ2v) is 7.09. The zero-order valence-corrected chi connectivity index (χ0v) is 12.5. The van der Waals surface area contributed by atoms with Crippen LogP contribution in [0.15, 0.2) is 93.6 Å². The van der Waals surface area contributed by atoms with Gasteiger partial charge in [0.15, 0.2) is 9.79 Å². The molecule has 0 heterocycles. The fraction of sp³-hybridized carbons (Fsp3) is 0.158. The molecule has 1 atom stereocenters. The topological polar surface area (TPSA) is 0 Å². The van der Waals surface area contributed by atoms with E-state index >= 15 is 0 Å². The first-order valence-electron chi connectivity index (χ1n) is 7.07. The largest absolute Gasteiger partial charge is 0.166 e. The van der Waals surface area contributed by atoms with Crippen molar-refractivity contribution in [2.24, 2.45) is 5.92 Å². The standard InChI is InChI=1S/C19H19S/c1-16-10-8-9-15-19(16)20(17-11-4-2-5-12-17)18-13-6-3-7-14-18/h2-9,11-16H,10H2,1H3/q+1/t16-/m0/s1. The first-order chi connectivity index (χ1) is 9.86. The molecule has 1 heteroatoms. The van der Waals surface area contributed by atoms with E-state index in [2.05, 4.69) is 85.8 Å². The van der Waals surface area contributed by atoms with Crippen molar-refractivity contribution in [1.29, 1.82) is 0 Å². The molecule has 0 unspecified atom stereocenters. The Morgan fingerprint density at radius 1 is 0.850 bits per heavy atom. The van der Waals surface area contributed by atoms with Gasteiger partial charge in [-0.25, -0.2) is 0 Å². The van der Waals surface area contributed by atoms with E-state index < -0.39 is 0 Å². The van der Waals surface area contributed by atoms with Crippen molar-refractivity contribution < 1.29 is 0 Å². The Morgan fingerprint density at radius 2 is 1.40 bits per heavy atom. The first kappa shape index (κ1) is 13.3. The van der Waals surface area contributed by atoms with Gasteiger partial charge in [0.1, 0.15) is 4.91 Å². The van der Waals surface area contributed by atoms with Crippen LogP contribution in [-0.4, -0.2) is 0 Å². The van der Waals surface area contributed by atoms with Gasteiger partial charge in [-0.3, -0.25) is 0 Å². The van der Waals surface area contributed by atoms with Crippen LogP contribution in [0, 0.1) is 5.92 Å². The third kappa shape index (κ3) is 2.73. The molecule has 0 radical (unpaired) electrons.